The van der Waals surface area contributed by atoms with E-state index in [2.05, 4.69) is 30.0 Å². The van der Waals surface area contributed by atoms with Gasteiger partial charge in [0, 0.05) is 32.1 Å². The molecular weight excluding hydrogens is 651 g/mol. The van der Waals surface area contributed by atoms with Crippen molar-refractivity contribution in [2.24, 2.45) is 16.5 Å². The monoisotopic (exact) mass is 688 g/mol. The molecular formula is C24H38ClN12O8P. The summed E-state index contributed by atoms with van der Waals surface area (Å²) >= 11 is 0. The van der Waals surface area contributed by atoms with Crippen LogP contribution < -0.4 is 33.7 Å². The van der Waals surface area contributed by atoms with Gasteiger partial charge in [0.15, 0.2) is 17.4 Å². The first kappa shape index (κ1) is 35.4. The molecule has 5 heterocycles. The zero-order chi connectivity index (χ0) is 32.1. The molecule has 0 bridgehead atoms. The van der Waals surface area contributed by atoms with Gasteiger partial charge in [0.25, 0.3) is 0 Å². The number of nitrogens with zero attached hydrogens (tertiary/aromatic N) is 7. The van der Waals surface area contributed by atoms with E-state index >= 15 is 0 Å². The van der Waals surface area contributed by atoms with Crippen LogP contribution in [0.15, 0.2) is 34.7 Å². The van der Waals surface area contributed by atoms with E-state index in [1.165, 1.54) is 29.5 Å². The molecule has 0 aliphatic carbocycles. The molecule has 0 radical (unpaired) electrons. The van der Waals surface area contributed by atoms with E-state index in [4.69, 9.17) is 41.5 Å². The van der Waals surface area contributed by atoms with Crippen molar-refractivity contribution in [3.8, 4) is 0 Å². The number of hydrogen-bond acceptors (Lipinski definition) is 15. The lowest BCUT2D eigenvalue weighted by molar-refractivity contribution is -0.0526. The number of aliphatic imine (C=N–C) groups is 1. The molecule has 2 aliphatic rings. The van der Waals surface area contributed by atoms with Crippen LogP contribution in [-0.2, 0) is 23.1 Å². The molecule has 2 fully saturated rings. The number of aliphatic hydroxyl groups is 2. The molecule has 0 saturated carbocycles. The van der Waals surface area contributed by atoms with Crippen LogP contribution in [0.2, 0.25) is 0 Å². The summed E-state index contributed by atoms with van der Waals surface area (Å²) < 4.78 is 39.9. The summed E-state index contributed by atoms with van der Waals surface area (Å²) in [5.74, 6) is 0.232. The predicted molar refractivity (Wildman–Crippen MR) is 166 cm³/mol. The second-order valence-corrected chi connectivity index (χ2v) is 12.3. The van der Waals surface area contributed by atoms with Crippen LogP contribution in [0.1, 0.15) is 38.1 Å². The van der Waals surface area contributed by atoms with Gasteiger partial charge in [0.1, 0.15) is 42.3 Å². The van der Waals surface area contributed by atoms with Crippen molar-refractivity contribution in [3.63, 3.8) is 0 Å². The van der Waals surface area contributed by atoms with Gasteiger partial charge in [-0.15, -0.1) is 12.4 Å². The minimum atomic E-state index is -4.05. The SMILES string of the molecule is Cl.NC(N)=NCCCCNP(=O)(OC[C@H]1O[C@@H](n2ccc(N)nc2=O)C[C@@H]1O)OC[C@H]1O[C@@H](n2cnc3c(N)ncnc32)C[C@@H]1O. The van der Waals surface area contributed by atoms with Crippen molar-refractivity contribution >= 4 is 48.9 Å². The largest absolute Gasteiger partial charge is 0.405 e. The highest BCUT2D eigenvalue weighted by Crippen LogP contribution is 2.46. The maximum Gasteiger partial charge on any atom is 0.405 e. The van der Waals surface area contributed by atoms with Gasteiger partial charge >= 0.3 is 13.4 Å². The molecule has 254 valence electrons. The fourth-order valence-electron chi connectivity index (χ4n) is 4.93. The van der Waals surface area contributed by atoms with Crippen LogP contribution in [-0.4, -0.2) is 96.0 Å². The molecule has 2 saturated heterocycles. The van der Waals surface area contributed by atoms with Gasteiger partial charge in [-0.25, -0.2) is 29.4 Å². The second kappa shape index (κ2) is 15.4. The highest BCUT2D eigenvalue weighted by atomic mass is 35.5. The molecule has 22 heteroatoms. The van der Waals surface area contributed by atoms with Crippen LogP contribution in [0.5, 0.6) is 0 Å². The first-order chi connectivity index (χ1) is 21.5. The Balaban J connectivity index is 0.00000480. The quantitative estimate of drug-likeness (QED) is 0.0450. The average Bonchev–Trinajstić information content (AvgIpc) is 3.69. The normalized spacial score (nSPS) is 25.7. The van der Waals surface area contributed by atoms with Crippen molar-refractivity contribution in [2.75, 3.05) is 37.8 Å². The molecule has 1 unspecified atom stereocenters. The van der Waals surface area contributed by atoms with E-state index in [0.717, 1.165) is 0 Å². The van der Waals surface area contributed by atoms with Gasteiger partial charge < -0.3 is 42.6 Å². The Morgan fingerprint density at radius 3 is 2.33 bits per heavy atom. The zero-order valence-electron chi connectivity index (χ0n) is 24.6. The van der Waals surface area contributed by atoms with Crippen molar-refractivity contribution in [2.45, 2.75) is 62.6 Å². The lowest BCUT2D eigenvalue weighted by Gasteiger charge is -2.24. The lowest BCUT2D eigenvalue weighted by Crippen LogP contribution is -2.31. The van der Waals surface area contributed by atoms with Gasteiger partial charge in [0.05, 0.1) is 31.7 Å². The third-order valence-electron chi connectivity index (χ3n) is 7.27. The smallest absolute Gasteiger partial charge is 0.390 e. The Morgan fingerprint density at radius 1 is 1.04 bits per heavy atom. The number of guanidine groups is 1. The number of aliphatic hydroxyl groups excluding tert-OH is 2. The van der Waals surface area contributed by atoms with E-state index in [-0.39, 0.29) is 62.6 Å². The standard InChI is InChI=1S/C24H37N12O8P.ClH/c25-17-3-6-35(24(39)34-17)18-7-13(37)15(43-18)9-41-45(40,33-5-2-1-4-29-23(27)28)42-10-16-14(38)8-19(44-16)36-12-32-20-21(26)30-11-31-22(20)36;/h3,6,11-16,18-19,37-38H,1-2,4-5,7-10H2,(H,33,40)(H2,25,34,39)(H2,26,30,31)(H4,27,28,29);1H/t13-,14-,15+,16+,18+,19+,45?;/m0./s1. The number of ether oxygens (including phenoxy) is 2. The summed E-state index contributed by atoms with van der Waals surface area (Å²) in [6, 6.07) is 1.43. The number of aromatic nitrogens is 6. The fourth-order valence-corrected chi connectivity index (χ4v) is 6.31. The predicted octanol–water partition coefficient (Wildman–Crippen LogP) is -1.25. The summed E-state index contributed by atoms with van der Waals surface area (Å²) in [5.41, 5.74) is 22.3. The molecule has 3 aromatic rings. The summed E-state index contributed by atoms with van der Waals surface area (Å²) in [6.07, 6.45) is 0.215. The maximum absolute atomic E-state index is 13.8. The molecule has 3 aromatic heterocycles. The summed E-state index contributed by atoms with van der Waals surface area (Å²) in [4.78, 5) is 32.2. The highest BCUT2D eigenvalue weighted by Gasteiger charge is 2.40. The molecule has 0 amide bonds. The summed E-state index contributed by atoms with van der Waals surface area (Å²) in [7, 11) is -4.05. The molecule has 20 nitrogen and oxygen atoms in total. The van der Waals surface area contributed by atoms with Crippen LogP contribution in [0.25, 0.3) is 11.2 Å². The highest BCUT2D eigenvalue weighted by molar-refractivity contribution is 7.51. The zero-order valence-corrected chi connectivity index (χ0v) is 26.3. The summed E-state index contributed by atoms with van der Waals surface area (Å²) in [6.45, 7) is -0.0595. The third-order valence-corrected chi connectivity index (χ3v) is 8.86. The molecule has 2 aliphatic heterocycles. The van der Waals surface area contributed by atoms with Crippen LogP contribution >= 0.6 is 20.2 Å². The van der Waals surface area contributed by atoms with Crippen molar-refractivity contribution in [1.29, 1.82) is 0 Å². The number of nitrogens with one attached hydrogen (secondary N) is 1. The van der Waals surface area contributed by atoms with Crippen LogP contribution in [0, 0.1) is 0 Å². The summed E-state index contributed by atoms with van der Waals surface area (Å²) in [5, 5.41) is 24.1. The first-order valence-corrected chi connectivity index (χ1v) is 15.7. The van der Waals surface area contributed by atoms with E-state index in [9.17, 15) is 19.6 Å². The number of imidazole rings is 1. The average molecular weight is 689 g/mol. The number of nitrogen functional groups attached to an aromatic ring is 2. The third kappa shape index (κ3) is 8.46. The number of anilines is 2. The van der Waals surface area contributed by atoms with E-state index in [0.29, 0.717) is 30.6 Å². The fraction of sp³-hybridized carbons (Fsp3) is 0.583. The van der Waals surface area contributed by atoms with Gasteiger partial charge in [-0.1, -0.05) is 0 Å². The van der Waals surface area contributed by atoms with Crippen molar-refractivity contribution in [3.05, 3.63) is 35.4 Å². The maximum atomic E-state index is 13.8. The number of unbranched alkanes of at least 4 members (excludes halogenated alkanes) is 1. The van der Waals surface area contributed by atoms with Crippen molar-refractivity contribution < 1.29 is 33.3 Å². The van der Waals surface area contributed by atoms with Crippen LogP contribution in [0.4, 0.5) is 11.6 Å². The number of hydrogen-bond donors (Lipinski definition) is 7. The Hall–Kier alpha value is -3.46. The Bertz CT molecular complexity index is 1610. The molecule has 0 spiro atoms. The van der Waals surface area contributed by atoms with Gasteiger partial charge in [0.2, 0.25) is 0 Å². The topological polar surface area (TPSA) is 301 Å². The number of halogens is 1. The van der Waals surface area contributed by atoms with Gasteiger partial charge in [-0.05, 0) is 18.9 Å². The Morgan fingerprint density at radius 2 is 1.70 bits per heavy atom. The Kier molecular flexibility index (Phi) is 11.9. The molecule has 0 aromatic carbocycles. The molecule has 46 heavy (non-hydrogen) atoms. The lowest BCUT2D eigenvalue weighted by atomic mass is 10.2. The van der Waals surface area contributed by atoms with Crippen molar-refractivity contribution in [1.82, 2.24) is 34.2 Å². The first-order valence-electron chi connectivity index (χ1n) is 14.2. The van der Waals surface area contributed by atoms with E-state index in [1.807, 2.05) is 0 Å². The van der Waals surface area contributed by atoms with Gasteiger partial charge in [-0.2, -0.15) is 4.98 Å². The van der Waals surface area contributed by atoms with E-state index < -0.39 is 50.3 Å². The van der Waals surface area contributed by atoms with Gasteiger partial charge in [-0.3, -0.25) is 23.2 Å². The minimum absolute atomic E-state index is 0. The minimum Gasteiger partial charge on any atom is -0.390 e. The molecule has 11 N–H and O–H groups in total. The number of fused-ring (bicyclic) bond motifs is 1. The molecule has 5 rings (SSSR count). The van der Waals surface area contributed by atoms with Crippen LogP contribution in [0.3, 0.4) is 0 Å². The van der Waals surface area contributed by atoms with E-state index in [1.54, 1.807) is 4.57 Å². The Labute approximate surface area is 268 Å². The number of nitrogens with two attached hydrogens (primary N) is 4. The number of rotatable bonds is 14. The second-order valence-electron chi connectivity index (χ2n) is 10.5. The molecule has 7 atom stereocenters.